The van der Waals surface area contributed by atoms with E-state index < -0.39 is 5.97 Å². The summed E-state index contributed by atoms with van der Waals surface area (Å²) < 4.78 is 5.59. The quantitative estimate of drug-likeness (QED) is 0.715. The molecule has 154 valence electrons. The van der Waals surface area contributed by atoms with Gasteiger partial charge >= 0.3 is 5.97 Å². The first-order valence-electron chi connectivity index (χ1n) is 10.3. The minimum atomic E-state index is -0.987. The summed E-state index contributed by atoms with van der Waals surface area (Å²) in [6.07, 6.45) is 3.19. The Morgan fingerprint density at radius 1 is 1.21 bits per heavy atom. The number of nitrogens with zero attached hydrogens (tertiary/aromatic N) is 2. The first-order valence-corrected chi connectivity index (χ1v) is 10.3. The van der Waals surface area contributed by atoms with Crippen molar-refractivity contribution in [2.24, 2.45) is 5.41 Å². The molecular weight excluding hydrogens is 366 g/mol. The van der Waals surface area contributed by atoms with E-state index in [0.29, 0.717) is 12.0 Å². The van der Waals surface area contributed by atoms with Crippen molar-refractivity contribution in [2.75, 3.05) is 38.3 Å². The van der Waals surface area contributed by atoms with Gasteiger partial charge in [0.05, 0.1) is 6.61 Å². The fourth-order valence-electron chi connectivity index (χ4n) is 4.44. The highest BCUT2D eigenvalue weighted by molar-refractivity contribution is 5.85. The third kappa shape index (κ3) is 4.60. The van der Waals surface area contributed by atoms with E-state index in [-0.39, 0.29) is 11.1 Å². The zero-order valence-corrected chi connectivity index (χ0v) is 16.9. The minimum Gasteiger partial charge on any atom is -0.477 e. The molecule has 2 heterocycles. The Morgan fingerprint density at radius 3 is 2.66 bits per heavy atom. The number of carbonyl (C=O) groups is 1. The molecular formula is C23H29N3O3. The number of methoxy groups -OCH3 is 1. The maximum Gasteiger partial charge on any atom is 0.354 e. The minimum absolute atomic E-state index is 0.0959. The van der Waals surface area contributed by atoms with E-state index in [0.717, 1.165) is 44.9 Å². The summed E-state index contributed by atoms with van der Waals surface area (Å²) in [5.74, 6) is 0.383. The van der Waals surface area contributed by atoms with Gasteiger partial charge in [-0.2, -0.15) is 0 Å². The van der Waals surface area contributed by atoms with Crippen LogP contribution in [0.15, 0.2) is 48.5 Å². The third-order valence-electron chi connectivity index (χ3n) is 6.31. The summed E-state index contributed by atoms with van der Waals surface area (Å²) in [7, 11) is 1.77. The number of ether oxygens (including phenoxy) is 1. The Hall–Kier alpha value is -2.44. The summed E-state index contributed by atoms with van der Waals surface area (Å²) in [5.41, 5.74) is 1.63. The highest BCUT2D eigenvalue weighted by atomic mass is 16.5. The van der Waals surface area contributed by atoms with E-state index in [2.05, 4.69) is 45.5 Å². The third-order valence-corrected chi connectivity index (χ3v) is 6.31. The number of pyridine rings is 1. The van der Waals surface area contributed by atoms with Crippen LogP contribution >= 0.6 is 0 Å². The second kappa shape index (κ2) is 8.51. The van der Waals surface area contributed by atoms with E-state index in [9.17, 15) is 9.90 Å². The van der Waals surface area contributed by atoms with Crippen LogP contribution in [0.5, 0.6) is 0 Å². The van der Waals surface area contributed by atoms with Crippen molar-refractivity contribution < 1.29 is 14.6 Å². The fraction of sp³-hybridized carbons (Fsp3) is 0.478. The van der Waals surface area contributed by atoms with Crippen LogP contribution in [0.25, 0.3) is 0 Å². The molecule has 2 fully saturated rings. The van der Waals surface area contributed by atoms with Crippen molar-refractivity contribution in [1.82, 2.24) is 10.3 Å². The van der Waals surface area contributed by atoms with Gasteiger partial charge in [0.15, 0.2) is 5.69 Å². The van der Waals surface area contributed by atoms with Crippen molar-refractivity contribution in [3.05, 3.63) is 59.8 Å². The van der Waals surface area contributed by atoms with Gasteiger partial charge in [0, 0.05) is 44.1 Å². The summed E-state index contributed by atoms with van der Waals surface area (Å²) in [4.78, 5) is 17.7. The van der Waals surface area contributed by atoms with E-state index >= 15 is 0 Å². The first kappa shape index (κ1) is 19.9. The average molecular weight is 396 g/mol. The molecule has 0 bridgehead atoms. The van der Waals surface area contributed by atoms with E-state index in [4.69, 9.17) is 4.74 Å². The normalized spacial score (nSPS) is 23.0. The molecule has 1 saturated carbocycles. The van der Waals surface area contributed by atoms with E-state index in [1.807, 2.05) is 6.07 Å². The molecule has 2 N–H and O–H groups in total. The van der Waals surface area contributed by atoms with Crippen molar-refractivity contribution in [3.63, 3.8) is 0 Å². The Balaban J connectivity index is 1.34. The second-order valence-corrected chi connectivity index (χ2v) is 8.35. The topological polar surface area (TPSA) is 74.7 Å². The molecule has 2 aliphatic rings. The van der Waals surface area contributed by atoms with Gasteiger partial charge in [-0.3, -0.25) is 0 Å². The number of rotatable bonds is 8. The van der Waals surface area contributed by atoms with Crippen molar-refractivity contribution in [3.8, 4) is 0 Å². The SMILES string of the molecule is COCC1(CN[C@@H]2CC2c2ccccc2)CCN(c2cccc(C(=O)O)n2)CC1. The summed E-state index contributed by atoms with van der Waals surface area (Å²) in [6.45, 7) is 3.40. The molecule has 1 aliphatic carbocycles. The predicted octanol–water partition coefficient (Wildman–Crippen LogP) is 3.16. The maximum absolute atomic E-state index is 11.2. The van der Waals surface area contributed by atoms with Gasteiger partial charge < -0.3 is 20.1 Å². The number of aromatic carboxylic acids is 1. The standard InChI is InChI=1S/C23H29N3O3/c1-29-16-23(15-24-20-14-18(20)17-6-3-2-4-7-17)10-12-26(13-11-23)21-9-5-8-19(25-21)22(27)28/h2-9,18,20,24H,10-16H2,1H3,(H,27,28)/t18?,20-/m1/s1. The molecule has 0 radical (unpaired) electrons. The van der Waals surface area contributed by atoms with E-state index in [1.165, 1.54) is 18.1 Å². The van der Waals surface area contributed by atoms with Crippen molar-refractivity contribution in [1.29, 1.82) is 0 Å². The van der Waals surface area contributed by atoms with Crippen LogP contribution in [0.3, 0.4) is 0 Å². The largest absolute Gasteiger partial charge is 0.477 e. The lowest BCUT2D eigenvalue weighted by Gasteiger charge is -2.42. The van der Waals surface area contributed by atoms with Crippen LogP contribution < -0.4 is 10.2 Å². The van der Waals surface area contributed by atoms with Crippen LogP contribution in [-0.4, -0.2) is 55.5 Å². The van der Waals surface area contributed by atoms with Gasteiger partial charge in [0.1, 0.15) is 5.82 Å². The molecule has 1 aromatic heterocycles. The summed E-state index contributed by atoms with van der Waals surface area (Å²) in [6, 6.07) is 16.5. The number of hydrogen-bond donors (Lipinski definition) is 2. The molecule has 29 heavy (non-hydrogen) atoms. The first-order chi connectivity index (χ1) is 14.1. The molecule has 1 aromatic carbocycles. The molecule has 2 aromatic rings. The van der Waals surface area contributed by atoms with E-state index in [1.54, 1.807) is 13.2 Å². The zero-order chi connectivity index (χ0) is 20.3. The van der Waals surface area contributed by atoms with Gasteiger partial charge in [-0.15, -0.1) is 0 Å². The lowest BCUT2D eigenvalue weighted by molar-refractivity contribution is 0.0581. The highest BCUT2D eigenvalue weighted by Gasteiger charge is 2.41. The smallest absolute Gasteiger partial charge is 0.354 e. The number of piperidine rings is 1. The predicted molar refractivity (Wildman–Crippen MR) is 113 cm³/mol. The van der Waals surface area contributed by atoms with Gasteiger partial charge in [-0.1, -0.05) is 36.4 Å². The Kier molecular flexibility index (Phi) is 5.83. The fourth-order valence-corrected chi connectivity index (χ4v) is 4.44. The summed E-state index contributed by atoms with van der Waals surface area (Å²) in [5, 5.41) is 13.0. The van der Waals surface area contributed by atoms with Crippen LogP contribution in [0.2, 0.25) is 0 Å². The number of carboxylic acids is 1. The molecule has 1 unspecified atom stereocenters. The Bertz CT molecular complexity index is 834. The molecule has 6 nitrogen and oxygen atoms in total. The number of aromatic nitrogens is 1. The molecule has 4 rings (SSSR count). The van der Waals surface area contributed by atoms with Crippen molar-refractivity contribution in [2.45, 2.75) is 31.2 Å². The molecule has 0 amide bonds. The van der Waals surface area contributed by atoms with Gasteiger partial charge in [-0.05, 0) is 37.0 Å². The number of anilines is 1. The second-order valence-electron chi connectivity index (χ2n) is 8.35. The molecule has 6 heteroatoms. The molecule has 1 aliphatic heterocycles. The van der Waals surface area contributed by atoms with Crippen LogP contribution in [0, 0.1) is 5.41 Å². The van der Waals surface area contributed by atoms with Crippen molar-refractivity contribution >= 4 is 11.8 Å². The highest BCUT2D eigenvalue weighted by Crippen LogP contribution is 2.42. The lowest BCUT2D eigenvalue weighted by atomic mass is 9.79. The van der Waals surface area contributed by atoms with Gasteiger partial charge in [-0.25, -0.2) is 9.78 Å². The van der Waals surface area contributed by atoms with Gasteiger partial charge in [0.25, 0.3) is 0 Å². The molecule has 1 saturated heterocycles. The Labute approximate surface area is 171 Å². The van der Waals surface area contributed by atoms with Crippen LogP contribution in [-0.2, 0) is 4.74 Å². The zero-order valence-electron chi connectivity index (χ0n) is 16.9. The molecule has 0 spiro atoms. The van der Waals surface area contributed by atoms with Gasteiger partial charge in [0.2, 0.25) is 0 Å². The van der Waals surface area contributed by atoms with Crippen LogP contribution in [0.4, 0.5) is 5.82 Å². The van der Waals surface area contributed by atoms with Crippen LogP contribution in [0.1, 0.15) is 41.2 Å². The monoisotopic (exact) mass is 395 g/mol. The number of nitrogens with one attached hydrogen (secondary N) is 1. The number of hydrogen-bond acceptors (Lipinski definition) is 5. The summed E-state index contributed by atoms with van der Waals surface area (Å²) >= 11 is 0. The maximum atomic E-state index is 11.2. The lowest BCUT2D eigenvalue weighted by Crippen LogP contribution is -2.48. The number of benzene rings is 1. The molecule has 2 atom stereocenters. The average Bonchev–Trinajstić information content (AvgIpc) is 3.54. The Morgan fingerprint density at radius 2 is 1.97 bits per heavy atom. The number of carboxylic acid groups (broad SMARTS) is 1.